The summed E-state index contributed by atoms with van der Waals surface area (Å²) in [5.74, 6) is -0.445. The molecule has 6 heteroatoms. The molecule has 0 rings (SSSR count). The topological polar surface area (TPSA) is 58.4 Å². The molecule has 1 unspecified atom stereocenters. The second kappa shape index (κ2) is 7.51. The zero-order valence-electron chi connectivity index (χ0n) is 10.0. The first kappa shape index (κ1) is 15.2. The molecule has 0 bridgehead atoms. The highest BCUT2D eigenvalue weighted by Gasteiger charge is 2.17. The lowest BCUT2D eigenvalue weighted by atomic mass is 10.1. The van der Waals surface area contributed by atoms with Crippen molar-refractivity contribution in [3.63, 3.8) is 0 Å². The van der Waals surface area contributed by atoms with E-state index in [1.54, 1.807) is 7.05 Å². The molecule has 3 N–H and O–H groups in total. The molecule has 1 amide bonds. The van der Waals surface area contributed by atoms with Gasteiger partial charge in [-0.15, -0.1) is 0 Å². The Morgan fingerprint density at radius 2 is 2.00 bits per heavy atom. The van der Waals surface area contributed by atoms with Crippen LogP contribution in [0.3, 0.4) is 0 Å². The van der Waals surface area contributed by atoms with Gasteiger partial charge in [-0.1, -0.05) is 13.8 Å². The van der Waals surface area contributed by atoms with E-state index >= 15 is 0 Å². The van der Waals surface area contributed by atoms with Crippen LogP contribution in [-0.2, 0) is 4.79 Å². The third-order valence-corrected chi connectivity index (χ3v) is 2.13. The van der Waals surface area contributed by atoms with Crippen LogP contribution < -0.4 is 11.1 Å². The Morgan fingerprint density at radius 3 is 2.38 bits per heavy atom. The number of rotatable bonds is 8. The molecule has 0 spiro atoms. The predicted octanol–water partition coefficient (Wildman–Crippen LogP) is 0.425. The van der Waals surface area contributed by atoms with Gasteiger partial charge in [-0.25, -0.2) is 8.78 Å². The summed E-state index contributed by atoms with van der Waals surface area (Å²) >= 11 is 0. The Labute approximate surface area is 95.2 Å². The zero-order chi connectivity index (χ0) is 12.7. The van der Waals surface area contributed by atoms with E-state index in [2.05, 4.69) is 5.32 Å². The molecule has 0 saturated heterocycles. The minimum Gasteiger partial charge on any atom is -0.368 e. The first-order chi connectivity index (χ1) is 7.32. The van der Waals surface area contributed by atoms with E-state index in [4.69, 9.17) is 5.73 Å². The summed E-state index contributed by atoms with van der Waals surface area (Å²) in [6, 6.07) is -0.321. The summed E-state index contributed by atoms with van der Waals surface area (Å²) in [7, 11) is 1.60. The maximum absolute atomic E-state index is 12.0. The van der Waals surface area contributed by atoms with Gasteiger partial charge in [-0.3, -0.25) is 4.79 Å². The molecule has 4 nitrogen and oxygen atoms in total. The summed E-state index contributed by atoms with van der Waals surface area (Å²) in [6.45, 7) is 3.93. The number of hydrogen-bond donors (Lipinski definition) is 2. The Balaban J connectivity index is 3.97. The van der Waals surface area contributed by atoms with Crippen LogP contribution in [0.4, 0.5) is 8.78 Å². The minimum atomic E-state index is -2.35. The lowest BCUT2D eigenvalue weighted by Gasteiger charge is -2.21. The van der Waals surface area contributed by atoms with Crippen LogP contribution in [0, 0.1) is 0 Å². The monoisotopic (exact) mass is 237 g/mol. The number of nitrogens with zero attached hydrogens (tertiary/aromatic N) is 1. The number of amides is 1. The van der Waals surface area contributed by atoms with E-state index in [1.807, 2.05) is 13.8 Å². The van der Waals surface area contributed by atoms with Crippen molar-refractivity contribution in [2.24, 2.45) is 5.73 Å². The van der Waals surface area contributed by atoms with Crippen molar-refractivity contribution in [3.8, 4) is 0 Å². The van der Waals surface area contributed by atoms with Crippen LogP contribution in [0.2, 0.25) is 0 Å². The average molecular weight is 237 g/mol. The van der Waals surface area contributed by atoms with Crippen molar-refractivity contribution in [2.75, 3.05) is 20.1 Å². The van der Waals surface area contributed by atoms with Crippen LogP contribution in [0.25, 0.3) is 0 Å². The number of nitrogens with two attached hydrogens (primary N) is 1. The fourth-order valence-corrected chi connectivity index (χ4v) is 1.39. The van der Waals surface area contributed by atoms with Crippen LogP contribution in [0.5, 0.6) is 0 Å². The Kier molecular flexibility index (Phi) is 7.16. The molecule has 16 heavy (non-hydrogen) atoms. The van der Waals surface area contributed by atoms with Gasteiger partial charge in [0.25, 0.3) is 6.43 Å². The van der Waals surface area contributed by atoms with Gasteiger partial charge in [0.05, 0.1) is 12.6 Å². The fraction of sp³-hybridized carbons (Fsp3) is 0.900. The van der Waals surface area contributed by atoms with Gasteiger partial charge < -0.3 is 16.0 Å². The highest BCUT2D eigenvalue weighted by atomic mass is 19.3. The average Bonchev–Trinajstić information content (AvgIpc) is 2.09. The molecule has 0 heterocycles. The molecule has 0 aliphatic heterocycles. The number of carbonyl (C=O) groups excluding carboxylic acids is 1. The first-order valence-corrected chi connectivity index (χ1v) is 5.35. The molecule has 0 saturated carbocycles. The number of carbonyl (C=O) groups is 1. The minimum absolute atomic E-state index is 0.137. The largest absolute Gasteiger partial charge is 0.368 e. The number of alkyl halides is 2. The van der Waals surface area contributed by atoms with Gasteiger partial charge in [-0.2, -0.15) is 0 Å². The molecule has 0 radical (unpaired) electrons. The van der Waals surface area contributed by atoms with Crippen molar-refractivity contribution >= 4 is 5.91 Å². The van der Waals surface area contributed by atoms with Crippen LogP contribution >= 0.6 is 0 Å². The fourth-order valence-electron chi connectivity index (χ4n) is 1.39. The predicted molar refractivity (Wildman–Crippen MR) is 59.4 cm³/mol. The summed E-state index contributed by atoms with van der Waals surface area (Å²) in [4.78, 5) is 12.6. The number of halogens is 2. The SMILES string of the molecule is CC(C)NC(CCN(C)CC(F)F)C(N)=O. The first-order valence-electron chi connectivity index (χ1n) is 5.35. The zero-order valence-corrected chi connectivity index (χ0v) is 10.0. The maximum atomic E-state index is 12.0. The molecule has 0 aliphatic rings. The van der Waals surface area contributed by atoms with Crippen molar-refractivity contribution in [3.05, 3.63) is 0 Å². The Morgan fingerprint density at radius 1 is 1.44 bits per heavy atom. The molecular formula is C10H21F2N3O. The lowest BCUT2D eigenvalue weighted by molar-refractivity contribution is -0.120. The van der Waals surface area contributed by atoms with E-state index in [0.717, 1.165) is 0 Å². The van der Waals surface area contributed by atoms with Crippen LogP contribution in [0.1, 0.15) is 20.3 Å². The second-order valence-electron chi connectivity index (χ2n) is 4.22. The molecule has 96 valence electrons. The number of nitrogens with one attached hydrogen (secondary N) is 1. The number of primary amides is 1. The van der Waals surface area contributed by atoms with Gasteiger partial charge in [0.1, 0.15) is 0 Å². The normalized spacial score (nSPS) is 13.8. The van der Waals surface area contributed by atoms with Crippen LogP contribution in [0.15, 0.2) is 0 Å². The van der Waals surface area contributed by atoms with E-state index in [1.165, 1.54) is 4.90 Å². The third-order valence-electron chi connectivity index (χ3n) is 2.13. The summed E-state index contributed by atoms with van der Waals surface area (Å²) in [6.07, 6.45) is -1.91. The number of hydrogen-bond acceptors (Lipinski definition) is 3. The van der Waals surface area contributed by atoms with Gasteiger partial charge >= 0.3 is 0 Å². The highest BCUT2D eigenvalue weighted by Crippen LogP contribution is 2.00. The summed E-state index contributed by atoms with van der Waals surface area (Å²) < 4.78 is 24.1. The molecule has 1 atom stereocenters. The van der Waals surface area contributed by atoms with E-state index in [-0.39, 0.29) is 12.6 Å². The van der Waals surface area contributed by atoms with Crippen molar-refractivity contribution in [1.82, 2.24) is 10.2 Å². The van der Waals surface area contributed by atoms with Crippen molar-refractivity contribution < 1.29 is 13.6 Å². The molecule has 0 aromatic carbocycles. The van der Waals surface area contributed by atoms with Crippen molar-refractivity contribution in [1.29, 1.82) is 0 Å². The molecule has 0 aromatic heterocycles. The molecular weight excluding hydrogens is 216 g/mol. The van der Waals surface area contributed by atoms with Gasteiger partial charge in [0.2, 0.25) is 5.91 Å². The second-order valence-corrected chi connectivity index (χ2v) is 4.22. The Bertz CT molecular complexity index is 212. The smallest absolute Gasteiger partial charge is 0.251 e. The molecule has 0 aliphatic carbocycles. The van der Waals surface area contributed by atoms with E-state index in [9.17, 15) is 13.6 Å². The van der Waals surface area contributed by atoms with Gasteiger partial charge in [0.15, 0.2) is 0 Å². The quantitative estimate of drug-likeness (QED) is 0.643. The standard InChI is InChI=1S/C10H21F2N3O/c1-7(2)14-8(10(13)16)4-5-15(3)6-9(11)12/h7-9,14H,4-6H2,1-3H3,(H2,13,16). The molecule has 0 fully saturated rings. The molecule has 0 aromatic rings. The third kappa shape index (κ3) is 7.53. The summed E-state index contributed by atoms with van der Waals surface area (Å²) in [5, 5.41) is 3.00. The van der Waals surface area contributed by atoms with E-state index < -0.39 is 18.4 Å². The van der Waals surface area contributed by atoms with Crippen LogP contribution in [-0.4, -0.2) is 49.5 Å². The van der Waals surface area contributed by atoms with Gasteiger partial charge in [-0.05, 0) is 13.5 Å². The van der Waals surface area contributed by atoms with Crippen molar-refractivity contribution in [2.45, 2.75) is 38.8 Å². The lowest BCUT2D eigenvalue weighted by Crippen LogP contribution is -2.46. The summed E-state index contributed by atoms with van der Waals surface area (Å²) in [5.41, 5.74) is 5.20. The van der Waals surface area contributed by atoms with E-state index in [0.29, 0.717) is 13.0 Å². The van der Waals surface area contributed by atoms with Gasteiger partial charge in [0, 0.05) is 12.6 Å². The highest BCUT2D eigenvalue weighted by molar-refractivity contribution is 5.79. The Hall–Kier alpha value is -0.750. The maximum Gasteiger partial charge on any atom is 0.251 e.